The van der Waals surface area contributed by atoms with E-state index in [2.05, 4.69) is 39.8 Å². The van der Waals surface area contributed by atoms with Gasteiger partial charge in [0.2, 0.25) is 0 Å². The minimum absolute atomic E-state index is 0.279. The molecular weight excluding hydrogens is 246 g/mol. The predicted molar refractivity (Wildman–Crippen MR) is 82.9 cm³/mol. The summed E-state index contributed by atoms with van der Waals surface area (Å²) in [4.78, 5) is 4.74. The zero-order chi connectivity index (χ0) is 14.5. The fourth-order valence-corrected chi connectivity index (χ4v) is 3.44. The van der Waals surface area contributed by atoms with Crippen LogP contribution in [0.2, 0.25) is 0 Å². The van der Waals surface area contributed by atoms with Crippen molar-refractivity contribution in [2.45, 2.75) is 46.5 Å². The van der Waals surface area contributed by atoms with E-state index in [-0.39, 0.29) is 5.75 Å². The molecule has 1 saturated carbocycles. The Balaban J connectivity index is 2.02. The van der Waals surface area contributed by atoms with E-state index in [9.17, 15) is 5.11 Å². The van der Waals surface area contributed by atoms with Gasteiger partial charge in [-0.05, 0) is 35.8 Å². The first kappa shape index (κ1) is 13.4. The molecule has 0 aliphatic heterocycles. The summed E-state index contributed by atoms with van der Waals surface area (Å²) in [5, 5.41) is 11.0. The number of hydrogen-bond donors (Lipinski definition) is 1. The number of benzene rings is 1. The van der Waals surface area contributed by atoms with Crippen LogP contribution in [-0.2, 0) is 0 Å². The molecule has 0 atom stereocenters. The van der Waals surface area contributed by atoms with E-state index >= 15 is 0 Å². The van der Waals surface area contributed by atoms with Crippen LogP contribution in [0.5, 0.6) is 5.75 Å². The molecule has 0 bridgehead atoms. The molecule has 2 nitrogen and oxygen atoms in total. The molecule has 2 aromatic rings. The van der Waals surface area contributed by atoms with E-state index in [1.54, 1.807) is 6.07 Å². The molecule has 106 valence electrons. The quantitative estimate of drug-likeness (QED) is 0.801. The zero-order valence-corrected chi connectivity index (χ0v) is 12.8. The summed E-state index contributed by atoms with van der Waals surface area (Å²) in [7, 11) is 0. The summed E-state index contributed by atoms with van der Waals surface area (Å²) in [5.74, 6) is 0.768. The lowest BCUT2D eigenvalue weighted by Gasteiger charge is -2.34. The summed E-state index contributed by atoms with van der Waals surface area (Å²) in [6.45, 7) is 9.41. The highest BCUT2D eigenvalue weighted by atomic mass is 16.3. The predicted octanol–water partition coefficient (Wildman–Crippen LogP) is 4.87. The van der Waals surface area contributed by atoms with Crippen molar-refractivity contribution < 1.29 is 5.11 Å². The summed E-state index contributed by atoms with van der Waals surface area (Å²) in [6, 6.07) is 9.77. The fraction of sp³-hybridized carbons (Fsp3) is 0.500. The van der Waals surface area contributed by atoms with Crippen LogP contribution in [0.15, 0.2) is 30.3 Å². The Morgan fingerprint density at radius 3 is 2.30 bits per heavy atom. The van der Waals surface area contributed by atoms with Gasteiger partial charge in [-0.15, -0.1) is 0 Å². The third kappa shape index (κ3) is 1.98. The highest BCUT2D eigenvalue weighted by Crippen LogP contribution is 2.57. The van der Waals surface area contributed by atoms with Gasteiger partial charge in [0.15, 0.2) is 0 Å². The Labute approximate surface area is 120 Å². The molecule has 1 aromatic carbocycles. The fourth-order valence-electron chi connectivity index (χ4n) is 3.44. The van der Waals surface area contributed by atoms with Gasteiger partial charge < -0.3 is 5.11 Å². The lowest BCUT2D eigenvalue weighted by Crippen LogP contribution is -2.25. The first-order valence-electron chi connectivity index (χ1n) is 7.39. The number of hydrogen-bond acceptors (Lipinski definition) is 2. The van der Waals surface area contributed by atoms with Crippen molar-refractivity contribution in [1.82, 2.24) is 4.98 Å². The normalized spacial score (nSPS) is 21.4. The first-order valence-corrected chi connectivity index (χ1v) is 7.39. The van der Waals surface area contributed by atoms with Crippen LogP contribution in [0.3, 0.4) is 0 Å². The Kier molecular flexibility index (Phi) is 2.82. The minimum atomic E-state index is 0.279. The van der Waals surface area contributed by atoms with Crippen molar-refractivity contribution in [2.24, 2.45) is 10.8 Å². The maximum Gasteiger partial charge on any atom is 0.141 e. The molecule has 1 N–H and O–H groups in total. The molecule has 0 spiro atoms. The third-order valence-electron chi connectivity index (χ3n) is 5.48. The van der Waals surface area contributed by atoms with E-state index in [4.69, 9.17) is 4.98 Å². The average Bonchev–Trinajstić information content (AvgIpc) is 2.59. The Hall–Kier alpha value is -1.57. The highest BCUT2D eigenvalue weighted by Gasteiger charge is 2.46. The van der Waals surface area contributed by atoms with Crippen LogP contribution in [-0.4, -0.2) is 10.1 Å². The van der Waals surface area contributed by atoms with Gasteiger partial charge in [0.05, 0.1) is 0 Å². The van der Waals surface area contributed by atoms with Crippen molar-refractivity contribution >= 4 is 10.9 Å². The molecule has 1 aliphatic rings. The Bertz CT molecular complexity index is 642. The Morgan fingerprint density at radius 1 is 1.00 bits per heavy atom. The zero-order valence-electron chi connectivity index (χ0n) is 12.8. The molecule has 3 rings (SSSR count). The highest BCUT2D eigenvalue weighted by molar-refractivity contribution is 5.84. The smallest absolute Gasteiger partial charge is 0.141 e. The first-order chi connectivity index (χ1) is 9.30. The van der Waals surface area contributed by atoms with Crippen molar-refractivity contribution in [1.29, 1.82) is 0 Å². The molecule has 1 heterocycles. The lowest BCUT2D eigenvalue weighted by molar-refractivity contribution is 0.157. The van der Waals surface area contributed by atoms with Gasteiger partial charge in [0, 0.05) is 17.0 Å². The monoisotopic (exact) mass is 269 g/mol. The molecule has 0 radical (unpaired) electrons. The number of aromatic hydroxyl groups is 1. The van der Waals surface area contributed by atoms with Gasteiger partial charge in [-0.25, -0.2) is 4.98 Å². The number of aromatic nitrogens is 1. The second-order valence-corrected chi connectivity index (χ2v) is 7.46. The minimum Gasteiger partial charge on any atom is -0.506 e. The Morgan fingerprint density at radius 2 is 1.65 bits per heavy atom. The molecular formula is C18H23NO. The topological polar surface area (TPSA) is 33.1 Å². The number of phenolic OH excluding ortho intramolecular Hbond substituents is 1. The summed E-state index contributed by atoms with van der Waals surface area (Å²) in [5.41, 5.74) is 2.50. The van der Waals surface area contributed by atoms with Crippen LogP contribution >= 0.6 is 0 Å². The van der Waals surface area contributed by atoms with E-state index < -0.39 is 0 Å². The summed E-state index contributed by atoms with van der Waals surface area (Å²) < 4.78 is 0. The lowest BCUT2D eigenvalue weighted by atomic mass is 9.71. The number of fused-ring (bicyclic) bond motifs is 1. The van der Waals surface area contributed by atoms with Crippen molar-refractivity contribution in [3.63, 3.8) is 0 Å². The van der Waals surface area contributed by atoms with Crippen LogP contribution in [0.25, 0.3) is 10.9 Å². The molecule has 2 heteroatoms. The van der Waals surface area contributed by atoms with Gasteiger partial charge in [0.25, 0.3) is 0 Å². The molecule has 0 amide bonds. The maximum atomic E-state index is 9.98. The third-order valence-corrected chi connectivity index (χ3v) is 5.48. The number of phenols is 1. The van der Waals surface area contributed by atoms with Gasteiger partial charge in [-0.2, -0.15) is 0 Å². The van der Waals surface area contributed by atoms with Gasteiger partial charge in [-0.1, -0.05) is 45.9 Å². The van der Waals surface area contributed by atoms with Gasteiger partial charge in [0.1, 0.15) is 11.3 Å². The van der Waals surface area contributed by atoms with Crippen LogP contribution in [0.4, 0.5) is 0 Å². The largest absolute Gasteiger partial charge is 0.506 e. The van der Waals surface area contributed by atoms with Crippen LogP contribution < -0.4 is 0 Å². The van der Waals surface area contributed by atoms with E-state index in [0.717, 1.165) is 29.4 Å². The molecule has 1 aliphatic carbocycles. The van der Waals surface area contributed by atoms with Crippen LogP contribution in [0.1, 0.15) is 52.1 Å². The molecule has 0 saturated heterocycles. The van der Waals surface area contributed by atoms with Gasteiger partial charge in [-0.3, -0.25) is 0 Å². The number of rotatable bonds is 1. The molecule has 1 aromatic heterocycles. The SMILES string of the molecule is CC1(C)CC(c2ccc3cccc(O)c3n2)CC1(C)C. The number of nitrogens with zero attached hydrogens (tertiary/aromatic N) is 1. The van der Waals surface area contributed by atoms with Crippen LogP contribution in [0, 0.1) is 10.8 Å². The number of para-hydroxylation sites is 1. The average molecular weight is 269 g/mol. The van der Waals surface area contributed by atoms with Crippen molar-refractivity contribution in [2.75, 3.05) is 0 Å². The van der Waals surface area contributed by atoms with Crippen molar-refractivity contribution in [3.05, 3.63) is 36.0 Å². The van der Waals surface area contributed by atoms with E-state index in [1.807, 2.05) is 12.1 Å². The van der Waals surface area contributed by atoms with Crippen molar-refractivity contribution in [3.8, 4) is 5.75 Å². The second-order valence-electron chi connectivity index (χ2n) is 7.46. The molecule has 1 fully saturated rings. The second kappa shape index (κ2) is 4.21. The molecule has 0 unspecified atom stereocenters. The maximum absolute atomic E-state index is 9.98. The van der Waals surface area contributed by atoms with Gasteiger partial charge >= 0.3 is 0 Å². The summed E-state index contributed by atoms with van der Waals surface area (Å²) in [6.07, 6.45) is 2.32. The summed E-state index contributed by atoms with van der Waals surface area (Å²) >= 11 is 0. The standard InChI is InChI=1S/C18H23NO/c1-17(2)10-13(11-18(17,3)4)14-9-8-12-6-5-7-15(20)16(12)19-14/h5-9,13,20H,10-11H2,1-4H3. The van der Waals surface area contributed by atoms with E-state index in [0.29, 0.717) is 16.7 Å². The molecule has 20 heavy (non-hydrogen) atoms. The van der Waals surface area contributed by atoms with E-state index in [1.165, 1.54) is 0 Å². The number of pyridine rings is 1.